The Morgan fingerprint density at radius 3 is 2.70 bits per heavy atom. The Hall–Kier alpha value is -2.62. The van der Waals surface area contributed by atoms with E-state index in [2.05, 4.69) is 10.3 Å². The number of amides is 1. The van der Waals surface area contributed by atoms with Crippen LogP contribution in [0.4, 0.5) is 10.1 Å². The molecule has 0 fully saturated rings. The van der Waals surface area contributed by atoms with Gasteiger partial charge in [0.25, 0.3) is 0 Å². The van der Waals surface area contributed by atoms with Gasteiger partial charge in [0.1, 0.15) is 5.82 Å². The van der Waals surface area contributed by atoms with Gasteiger partial charge >= 0.3 is 0 Å². The van der Waals surface area contributed by atoms with Gasteiger partial charge in [0.15, 0.2) is 0 Å². The van der Waals surface area contributed by atoms with Crippen molar-refractivity contribution in [3.63, 3.8) is 0 Å². The van der Waals surface area contributed by atoms with Crippen LogP contribution in [0.15, 0.2) is 48.7 Å². The number of fused-ring (bicyclic) bond motifs is 1. The van der Waals surface area contributed by atoms with Crippen LogP contribution in [-0.4, -0.2) is 10.9 Å². The zero-order valence-electron chi connectivity index (χ0n) is 13.4. The number of H-pyrrole nitrogens is 1. The zero-order chi connectivity index (χ0) is 16.6. The average Bonchev–Trinajstić information content (AvgIpc) is 2.90. The molecular formula is C19H19FN2O. The number of halogens is 1. The highest BCUT2D eigenvalue weighted by atomic mass is 19.1. The molecule has 0 aliphatic rings. The number of aryl methyl sites for hydroxylation is 1. The summed E-state index contributed by atoms with van der Waals surface area (Å²) in [4.78, 5) is 15.8. The molecule has 2 aromatic carbocycles. The molecule has 4 heteroatoms. The number of hydrogen-bond donors (Lipinski definition) is 2. The highest BCUT2D eigenvalue weighted by molar-refractivity contribution is 6.01. The molecule has 3 rings (SSSR count). The van der Waals surface area contributed by atoms with E-state index in [4.69, 9.17) is 0 Å². The van der Waals surface area contributed by atoms with E-state index in [1.807, 2.05) is 45.0 Å². The number of benzene rings is 2. The molecule has 0 aliphatic carbocycles. The SMILES string of the molecule is Cc1cccc(NC(=O)C(C)(C)c2c[nH]c3cc(F)ccc23)c1. The molecule has 0 atom stereocenters. The van der Waals surface area contributed by atoms with Crippen molar-refractivity contribution >= 4 is 22.5 Å². The Labute approximate surface area is 134 Å². The Morgan fingerprint density at radius 1 is 1.17 bits per heavy atom. The minimum absolute atomic E-state index is 0.103. The number of rotatable bonds is 3. The number of carbonyl (C=O) groups is 1. The normalized spacial score (nSPS) is 11.7. The van der Waals surface area contributed by atoms with E-state index < -0.39 is 5.41 Å². The standard InChI is InChI=1S/C19H19FN2O/c1-12-5-4-6-14(9-12)22-18(23)19(2,3)16-11-21-17-10-13(20)7-8-15(16)17/h4-11,21H,1-3H3,(H,22,23). The molecule has 2 N–H and O–H groups in total. The van der Waals surface area contributed by atoms with Crippen molar-refractivity contribution < 1.29 is 9.18 Å². The van der Waals surface area contributed by atoms with Crippen LogP contribution in [0.2, 0.25) is 0 Å². The predicted molar refractivity (Wildman–Crippen MR) is 91.1 cm³/mol. The molecule has 3 aromatic rings. The van der Waals surface area contributed by atoms with Crippen molar-refractivity contribution in [2.45, 2.75) is 26.2 Å². The fraction of sp³-hybridized carbons (Fsp3) is 0.211. The van der Waals surface area contributed by atoms with E-state index in [1.54, 1.807) is 12.3 Å². The number of carbonyl (C=O) groups excluding carboxylic acids is 1. The summed E-state index contributed by atoms with van der Waals surface area (Å²) in [5.41, 5.74) is 2.64. The first-order chi connectivity index (χ1) is 10.9. The number of aromatic nitrogens is 1. The Kier molecular flexibility index (Phi) is 3.68. The summed E-state index contributed by atoms with van der Waals surface area (Å²) < 4.78 is 13.3. The lowest BCUT2D eigenvalue weighted by molar-refractivity contribution is -0.120. The fourth-order valence-electron chi connectivity index (χ4n) is 2.75. The van der Waals surface area contributed by atoms with Crippen molar-refractivity contribution in [2.75, 3.05) is 5.32 Å². The fourth-order valence-corrected chi connectivity index (χ4v) is 2.75. The Morgan fingerprint density at radius 2 is 1.96 bits per heavy atom. The maximum atomic E-state index is 13.3. The number of hydrogen-bond acceptors (Lipinski definition) is 1. The molecule has 0 bridgehead atoms. The monoisotopic (exact) mass is 310 g/mol. The summed E-state index contributed by atoms with van der Waals surface area (Å²) in [6.07, 6.45) is 1.78. The third kappa shape index (κ3) is 2.84. The van der Waals surface area contributed by atoms with Gasteiger partial charge in [-0.3, -0.25) is 4.79 Å². The molecule has 23 heavy (non-hydrogen) atoms. The van der Waals surface area contributed by atoms with Crippen LogP contribution >= 0.6 is 0 Å². The summed E-state index contributed by atoms with van der Waals surface area (Å²) in [5.74, 6) is -0.402. The first kappa shape index (κ1) is 15.3. The molecule has 0 saturated carbocycles. The van der Waals surface area contributed by atoms with Gasteiger partial charge in [0, 0.05) is 22.8 Å². The topological polar surface area (TPSA) is 44.9 Å². The lowest BCUT2D eigenvalue weighted by Crippen LogP contribution is -2.34. The van der Waals surface area contributed by atoms with E-state index >= 15 is 0 Å². The second kappa shape index (κ2) is 5.54. The molecular weight excluding hydrogens is 291 g/mol. The van der Waals surface area contributed by atoms with Gasteiger partial charge < -0.3 is 10.3 Å². The summed E-state index contributed by atoms with van der Waals surface area (Å²) >= 11 is 0. The second-order valence-corrected chi connectivity index (χ2v) is 6.34. The zero-order valence-corrected chi connectivity index (χ0v) is 13.4. The Balaban J connectivity index is 1.94. The highest BCUT2D eigenvalue weighted by Crippen LogP contribution is 2.32. The maximum Gasteiger partial charge on any atom is 0.234 e. The number of anilines is 1. The maximum absolute atomic E-state index is 13.3. The lowest BCUT2D eigenvalue weighted by atomic mass is 9.83. The van der Waals surface area contributed by atoms with E-state index in [1.165, 1.54) is 12.1 Å². The number of nitrogens with one attached hydrogen (secondary N) is 2. The van der Waals surface area contributed by atoms with Crippen LogP contribution in [0.5, 0.6) is 0 Å². The molecule has 118 valence electrons. The van der Waals surface area contributed by atoms with Gasteiger partial charge in [-0.25, -0.2) is 4.39 Å². The van der Waals surface area contributed by atoms with Gasteiger partial charge in [-0.2, -0.15) is 0 Å². The predicted octanol–water partition coefficient (Wildman–Crippen LogP) is 4.53. The van der Waals surface area contributed by atoms with Gasteiger partial charge in [0.2, 0.25) is 5.91 Å². The average molecular weight is 310 g/mol. The van der Waals surface area contributed by atoms with Gasteiger partial charge in [-0.1, -0.05) is 12.1 Å². The minimum atomic E-state index is -0.750. The molecule has 0 radical (unpaired) electrons. The third-order valence-corrected chi connectivity index (χ3v) is 4.16. The van der Waals surface area contributed by atoms with Crippen LogP contribution in [0, 0.1) is 12.7 Å². The van der Waals surface area contributed by atoms with Crippen molar-refractivity contribution in [3.8, 4) is 0 Å². The van der Waals surface area contributed by atoms with E-state index in [9.17, 15) is 9.18 Å². The van der Waals surface area contributed by atoms with E-state index in [0.717, 1.165) is 22.2 Å². The first-order valence-corrected chi connectivity index (χ1v) is 7.53. The van der Waals surface area contributed by atoms with Crippen molar-refractivity contribution in [1.29, 1.82) is 0 Å². The quantitative estimate of drug-likeness (QED) is 0.733. The number of aromatic amines is 1. The van der Waals surface area contributed by atoms with E-state index in [0.29, 0.717) is 5.52 Å². The molecule has 3 nitrogen and oxygen atoms in total. The minimum Gasteiger partial charge on any atom is -0.361 e. The Bertz CT molecular complexity index is 880. The highest BCUT2D eigenvalue weighted by Gasteiger charge is 2.32. The lowest BCUT2D eigenvalue weighted by Gasteiger charge is -2.23. The van der Waals surface area contributed by atoms with Crippen LogP contribution in [0.25, 0.3) is 10.9 Å². The van der Waals surface area contributed by atoms with Crippen molar-refractivity contribution in [3.05, 3.63) is 65.6 Å². The summed E-state index contributed by atoms with van der Waals surface area (Å²) in [6.45, 7) is 5.71. The van der Waals surface area contributed by atoms with Crippen LogP contribution in [0.1, 0.15) is 25.0 Å². The van der Waals surface area contributed by atoms with E-state index in [-0.39, 0.29) is 11.7 Å². The molecule has 0 saturated heterocycles. The molecule has 0 unspecified atom stereocenters. The largest absolute Gasteiger partial charge is 0.361 e. The first-order valence-electron chi connectivity index (χ1n) is 7.53. The third-order valence-electron chi connectivity index (χ3n) is 4.16. The van der Waals surface area contributed by atoms with Gasteiger partial charge in [0.05, 0.1) is 5.41 Å². The smallest absolute Gasteiger partial charge is 0.234 e. The molecule has 1 aromatic heterocycles. The van der Waals surface area contributed by atoms with Crippen LogP contribution in [0.3, 0.4) is 0 Å². The molecule has 0 spiro atoms. The molecule has 0 aliphatic heterocycles. The summed E-state index contributed by atoms with van der Waals surface area (Å²) in [6, 6.07) is 12.2. The van der Waals surface area contributed by atoms with Gasteiger partial charge in [-0.05, 0) is 62.2 Å². The van der Waals surface area contributed by atoms with Crippen LogP contribution in [-0.2, 0) is 10.2 Å². The van der Waals surface area contributed by atoms with Crippen LogP contribution < -0.4 is 5.32 Å². The molecule has 1 amide bonds. The summed E-state index contributed by atoms with van der Waals surface area (Å²) in [7, 11) is 0. The second-order valence-electron chi connectivity index (χ2n) is 6.34. The summed E-state index contributed by atoms with van der Waals surface area (Å²) in [5, 5.41) is 3.82. The van der Waals surface area contributed by atoms with Crippen molar-refractivity contribution in [2.24, 2.45) is 0 Å². The molecule has 1 heterocycles. The van der Waals surface area contributed by atoms with Gasteiger partial charge in [-0.15, -0.1) is 0 Å². The van der Waals surface area contributed by atoms with Crippen molar-refractivity contribution in [1.82, 2.24) is 4.98 Å².